The lowest BCUT2D eigenvalue weighted by atomic mass is 9.99. The van der Waals surface area contributed by atoms with Crippen LogP contribution in [-0.2, 0) is 0 Å². The van der Waals surface area contributed by atoms with E-state index in [2.05, 4.69) is 59.1 Å². The molecule has 0 aliphatic heterocycles. The van der Waals surface area contributed by atoms with Crippen molar-refractivity contribution in [2.75, 3.05) is 6.54 Å². The number of hydrogen-bond acceptors (Lipinski definition) is 2. The number of hydrogen-bond donors (Lipinski definition) is 2. The number of nitrogens with one attached hydrogen (secondary N) is 2. The molecule has 1 aromatic rings. The number of amides is 1. The molecule has 0 spiro atoms. The molecular weight excluding hydrogens is 318 g/mol. The van der Waals surface area contributed by atoms with Gasteiger partial charge in [0.15, 0.2) is 5.69 Å². The lowest BCUT2D eigenvalue weighted by molar-refractivity contribution is 0.0940. The van der Waals surface area contributed by atoms with E-state index in [9.17, 15) is 4.79 Å². The number of halogens is 1. The normalized spacial score (nSPS) is 12.7. The third kappa shape index (κ3) is 4.62. The van der Waals surface area contributed by atoms with E-state index >= 15 is 0 Å². The highest BCUT2D eigenvalue weighted by atomic mass is 79.9. The van der Waals surface area contributed by atoms with Crippen molar-refractivity contribution in [2.45, 2.75) is 59.3 Å². The molecule has 2 N–H and O–H groups in total. The van der Waals surface area contributed by atoms with E-state index in [1.54, 1.807) is 0 Å². The van der Waals surface area contributed by atoms with Gasteiger partial charge in [0.25, 0.3) is 5.91 Å². The first-order valence-corrected chi connectivity index (χ1v) is 8.32. The SMILES string of the molecule is CCCCC(CC)CNC(=O)c1n[nH]c(C(C)C)c1Br. The number of nitrogens with zero attached hydrogens (tertiary/aromatic N) is 1. The molecule has 0 radical (unpaired) electrons. The summed E-state index contributed by atoms with van der Waals surface area (Å²) >= 11 is 3.46. The van der Waals surface area contributed by atoms with E-state index in [1.807, 2.05) is 0 Å². The second kappa shape index (κ2) is 8.45. The van der Waals surface area contributed by atoms with Gasteiger partial charge in [0, 0.05) is 6.54 Å². The van der Waals surface area contributed by atoms with E-state index < -0.39 is 0 Å². The first-order valence-electron chi connectivity index (χ1n) is 7.53. The maximum absolute atomic E-state index is 12.2. The number of carbonyl (C=O) groups is 1. The molecule has 0 saturated carbocycles. The number of aromatic nitrogens is 2. The highest BCUT2D eigenvalue weighted by Crippen LogP contribution is 2.25. The van der Waals surface area contributed by atoms with Crippen molar-refractivity contribution in [3.05, 3.63) is 15.9 Å². The molecular formula is C15H26BrN3O. The van der Waals surface area contributed by atoms with Gasteiger partial charge in [-0.1, -0.05) is 47.0 Å². The van der Waals surface area contributed by atoms with Crippen LogP contribution in [0.4, 0.5) is 0 Å². The van der Waals surface area contributed by atoms with Gasteiger partial charge in [-0.25, -0.2) is 0 Å². The molecule has 1 aromatic heterocycles. The zero-order valence-electron chi connectivity index (χ0n) is 12.9. The fourth-order valence-electron chi connectivity index (χ4n) is 2.14. The first-order chi connectivity index (χ1) is 9.51. The lowest BCUT2D eigenvalue weighted by Crippen LogP contribution is -2.29. The number of aromatic amines is 1. The van der Waals surface area contributed by atoms with Gasteiger partial charge in [-0.15, -0.1) is 0 Å². The van der Waals surface area contributed by atoms with Gasteiger partial charge < -0.3 is 5.32 Å². The van der Waals surface area contributed by atoms with Crippen LogP contribution in [0.25, 0.3) is 0 Å². The summed E-state index contributed by atoms with van der Waals surface area (Å²) in [6, 6.07) is 0. The van der Waals surface area contributed by atoms with Crippen molar-refractivity contribution in [3.63, 3.8) is 0 Å². The molecule has 0 aliphatic carbocycles. The second-order valence-corrected chi connectivity index (χ2v) is 6.37. The van der Waals surface area contributed by atoms with Gasteiger partial charge in [-0.05, 0) is 34.2 Å². The van der Waals surface area contributed by atoms with Gasteiger partial charge >= 0.3 is 0 Å². The van der Waals surface area contributed by atoms with Crippen LogP contribution in [0, 0.1) is 5.92 Å². The van der Waals surface area contributed by atoms with Crippen LogP contribution in [0.3, 0.4) is 0 Å². The topological polar surface area (TPSA) is 57.8 Å². The Bertz CT molecular complexity index is 429. The quantitative estimate of drug-likeness (QED) is 0.741. The number of carbonyl (C=O) groups excluding carboxylic acids is 1. The Morgan fingerprint density at radius 3 is 2.60 bits per heavy atom. The number of H-pyrrole nitrogens is 1. The predicted octanol–water partition coefficient (Wildman–Crippen LogP) is 4.24. The third-order valence-electron chi connectivity index (χ3n) is 3.62. The first kappa shape index (κ1) is 17.2. The minimum atomic E-state index is -0.102. The van der Waals surface area contributed by atoms with Crippen molar-refractivity contribution >= 4 is 21.8 Å². The van der Waals surface area contributed by atoms with Crippen molar-refractivity contribution in [1.29, 1.82) is 0 Å². The molecule has 20 heavy (non-hydrogen) atoms. The summed E-state index contributed by atoms with van der Waals surface area (Å²) < 4.78 is 0.784. The molecule has 1 amide bonds. The zero-order chi connectivity index (χ0) is 15.1. The standard InChI is InChI=1S/C15H26BrN3O/c1-5-7-8-11(6-2)9-17-15(20)14-12(16)13(10(3)4)18-19-14/h10-11H,5-9H2,1-4H3,(H,17,20)(H,18,19). The average molecular weight is 344 g/mol. The Morgan fingerprint density at radius 2 is 2.10 bits per heavy atom. The fraction of sp³-hybridized carbons (Fsp3) is 0.733. The lowest BCUT2D eigenvalue weighted by Gasteiger charge is -2.14. The summed E-state index contributed by atoms with van der Waals surface area (Å²) in [7, 11) is 0. The maximum Gasteiger partial charge on any atom is 0.272 e. The van der Waals surface area contributed by atoms with Crippen LogP contribution < -0.4 is 5.32 Å². The van der Waals surface area contributed by atoms with Gasteiger partial charge in [0.05, 0.1) is 10.2 Å². The molecule has 1 heterocycles. The van der Waals surface area contributed by atoms with Crippen LogP contribution in [0.5, 0.6) is 0 Å². The third-order valence-corrected chi connectivity index (χ3v) is 4.42. The molecule has 1 unspecified atom stereocenters. The fourth-order valence-corrected chi connectivity index (χ4v) is 2.95. The second-order valence-electron chi connectivity index (χ2n) is 5.58. The Morgan fingerprint density at radius 1 is 1.40 bits per heavy atom. The van der Waals surface area contributed by atoms with Crippen molar-refractivity contribution in [1.82, 2.24) is 15.5 Å². The van der Waals surface area contributed by atoms with E-state index in [0.717, 1.165) is 23.1 Å². The summed E-state index contributed by atoms with van der Waals surface area (Å²) in [4.78, 5) is 12.2. The van der Waals surface area contributed by atoms with E-state index in [0.29, 0.717) is 17.5 Å². The molecule has 4 nitrogen and oxygen atoms in total. The van der Waals surface area contributed by atoms with Crippen LogP contribution in [0.2, 0.25) is 0 Å². The summed E-state index contributed by atoms with van der Waals surface area (Å²) in [6.45, 7) is 9.23. The highest BCUT2D eigenvalue weighted by molar-refractivity contribution is 9.10. The van der Waals surface area contributed by atoms with E-state index in [1.165, 1.54) is 19.3 Å². The zero-order valence-corrected chi connectivity index (χ0v) is 14.5. The van der Waals surface area contributed by atoms with E-state index in [4.69, 9.17) is 0 Å². The summed E-state index contributed by atoms with van der Waals surface area (Å²) in [5, 5.41) is 10.1. The van der Waals surface area contributed by atoms with Gasteiger partial charge in [-0.3, -0.25) is 9.89 Å². The summed E-state index contributed by atoms with van der Waals surface area (Å²) in [6.07, 6.45) is 4.69. The van der Waals surface area contributed by atoms with Crippen molar-refractivity contribution in [2.24, 2.45) is 5.92 Å². The average Bonchev–Trinajstić information content (AvgIpc) is 2.80. The van der Waals surface area contributed by atoms with Crippen LogP contribution in [0.1, 0.15) is 75.5 Å². The Hall–Kier alpha value is -0.840. The van der Waals surface area contributed by atoms with Crippen LogP contribution in [0.15, 0.2) is 4.47 Å². The van der Waals surface area contributed by atoms with E-state index in [-0.39, 0.29) is 5.91 Å². The summed E-state index contributed by atoms with van der Waals surface area (Å²) in [5.41, 5.74) is 1.42. The Kier molecular flexibility index (Phi) is 7.27. The molecule has 0 bridgehead atoms. The Balaban J connectivity index is 2.58. The predicted molar refractivity (Wildman–Crippen MR) is 86.0 cm³/mol. The molecule has 0 fully saturated rings. The largest absolute Gasteiger partial charge is 0.350 e. The minimum Gasteiger partial charge on any atom is -0.350 e. The number of unbranched alkanes of at least 4 members (excludes halogenated alkanes) is 1. The monoisotopic (exact) mass is 343 g/mol. The number of rotatable bonds is 8. The maximum atomic E-state index is 12.2. The van der Waals surface area contributed by atoms with Gasteiger partial charge in [0.1, 0.15) is 0 Å². The molecule has 0 aliphatic rings. The van der Waals surface area contributed by atoms with Crippen LogP contribution >= 0.6 is 15.9 Å². The molecule has 114 valence electrons. The molecule has 1 rings (SSSR count). The molecule has 1 atom stereocenters. The van der Waals surface area contributed by atoms with Crippen molar-refractivity contribution < 1.29 is 4.79 Å². The van der Waals surface area contributed by atoms with Gasteiger partial charge in [0.2, 0.25) is 0 Å². The smallest absolute Gasteiger partial charge is 0.272 e. The van der Waals surface area contributed by atoms with Crippen LogP contribution in [-0.4, -0.2) is 22.6 Å². The Labute approximate surface area is 130 Å². The molecule has 0 aromatic carbocycles. The van der Waals surface area contributed by atoms with Gasteiger partial charge in [-0.2, -0.15) is 5.10 Å². The van der Waals surface area contributed by atoms with Crippen molar-refractivity contribution in [3.8, 4) is 0 Å². The molecule has 0 saturated heterocycles. The highest BCUT2D eigenvalue weighted by Gasteiger charge is 2.19. The minimum absolute atomic E-state index is 0.102. The molecule has 5 heteroatoms. The summed E-state index contributed by atoms with van der Waals surface area (Å²) in [5.74, 6) is 0.766.